The van der Waals surface area contributed by atoms with Crippen molar-refractivity contribution in [2.24, 2.45) is 11.3 Å². The number of nitrogens with one attached hydrogen (secondary N) is 2. The molecule has 39 heavy (non-hydrogen) atoms. The van der Waals surface area contributed by atoms with E-state index in [2.05, 4.69) is 62.6 Å². The van der Waals surface area contributed by atoms with Crippen LogP contribution < -0.4 is 15.4 Å². The van der Waals surface area contributed by atoms with Crippen molar-refractivity contribution in [2.75, 3.05) is 40.0 Å². The van der Waals surface area contributed by atoms with Crippen molar-refractivity contribution < 1.29 is 23.7 Å². The Hall–Kier alpha value is -1.93. The van der Waals surface area contributed by atoms with E-state index >= 15 is 0 Å². The quantitative estimate of drug-likeness (QED) is 0.351. The van der Waals surface area contributed by atoms with Crippen LogP contribution in [0.3, 0.4) is 0 Å². The summed E-state index contributed by atoms with van der Waals surface area (Å²) in [7, 11) is 1.75. The first kappa shape index (κ1) is 30.0. The second kappa shape index (κ2) is 13.6. The van der Waals surface area contributed by atoms with Gasteiger partial charge in [0, 0.05) is 57.0 Å². The molecule has 3 heterocycles. The summed E-state index contributed by atoms with van der Waals surface area (Å²) in [6.07, 6.45) is 9.30. The van der Waals surface area contributed by atoms with E-state index in [0.29, 0.717) is 18.6 Å². The minimum Gasteiger partial charge on any atom is -0.483 e. The Balaban J connectivity index is 1.23. The summed E-state index contributed by atoms with van der Waals surface area (Å²) in [6.45, 7) is 12.9. The Morgan fingerprint density at radius 2 is 1.97 bits per heavy atom. The molecule has 7 heteroatoms. The largest absolute Gasteiger partial charge is 0.483 e. The molecular weight excluding hydrogens is 492 g/mol. The molecule has 1 amide bonds. The summed E-state index contributed by atoms with van der Waals surface area (Å²) in [5, 5.41) is 6.86. The molecule has 7 nitrogen and oxygen atoms in total. The fourth-order valence-corrected chi connectivity index (χ4v) is 5.99. The highest BCUT2D eigenvalue weighted by Crippen LogP contribution is 2.39. The molecule has 0 saturated carbocycles. The maximum absolute atomic E-state index is 12.9. The average molecular weight is 543 g/mol. The van der Waals surface area contributed by atoms with Gasteiger partial charge in [-0.05, 0) is 94.1 Å². The molecule has 2 saturated heterocycles. The van der Waals surface area contributed by atoms with E-state index in [1.54, 1.807) is 7.11 Å². The van der Waals surface area contributed by atoms with Gasteiger partial charge in [-0.25, -0.2) is 0 Å². The van der Waals surface area contributed by atoms with Crippen LogP contribution in [0.2, 0.25) is 0 Å². The third kappa shape index (κ3) is 8.78. The number of hydrogen-bond donors (Lipinski definition) is 2. The Kier molecular flexibility index (Phi) is 10.5. The summed E-state index contributed by atoms with van der Waals surface area (Å²) < 4.78 is 23.3. The molecule has 0 aliphatic carbocycles. The smallest absolute Gasteiger partial charge is 0.225 e. The fourth-order valence-electron chi connectivity index (χ4n) is 5.99. The van der Waals surface area contributed by atoms with E-state index in [9.17, 15) is 4.79 Å². The zero-order chi connectivity index (χ0) is 27.9. The van der Waals surface area contributed by atoms with Crippen molar-refractivity contribution >= 4 is 11.5 Å². The number of ether oxygens (including phenoxy) is 4. The van der Waals surface area contributed by atoms with Crippen LogP contribution >= 0.6 is 0 Å². The average Bonchev–Trinajstić information content (AvgIpc) is 2.91. The number of allylic oxidation sites excluding steroid dienone is 1. The van der Waals surface area contributed by atoms with Crippen molar-refractivity contribution in [3.63, 3.8) is 0 Å². The monoisotopic (exact) mass is 542 g/mol. The first-order valence-electron chi connectivity index (χ1n) is 14.9. The second-order valence-corrected chi connectivity index (χ2v) is 12.8. The van der Waals surface area contributed by atoms with Gasteiger partial charge in [0.05, 0.1) is 12.7 Å². The Morgan fingerprint density at radius 1 is 1.18 bits per heavy atom. The minimum atomic E-state index is -0.398. The zero-order valence-corrected chi connectivity index (χ0v) is 24.8. The van der Waals surface area contributed by atoms with E-state index in [0.717, 1.165) is 83.6 Å². The van der Waals surface area contributed by atoms with Crippen LogP contribution in [-0.4, -0.2) is 63.7 Å². The van der Waals surface area contributed by atoms with Crippen molar-refractivity contribution in [1.82, 2.24) is 10.6 Å². The van der Waals surface area contributed by atoms with Gasteiger partial charge in [0.1, 0.15) is 11.4 Å². The molecule has 1 aromatic rings. The van der Waals surface area contributed by atoms with Crippen LogP contribution in [0.15, 0.2) is 24.3 Å². The lowest BCUT2D eigenvalue weighted by atomic mass is 9.82. The number of piperidine rings is 1. The van der Waals surface area contributed by atoms with Crippen molar-refractivity contribution in [3.05, 3.63) is 35.4 Å². The van der Waals surface area contributed by atoms with E-state index in [4.69, 9.17) is 18.9 Å². The molecule has 0 aromatic heterocycles. The molecule has 2 atom stereocenters. The predicted molar refractivity (Wildman–Crippen MR) is 155 cm³/mol. The molecule has 3 aliphatic heterocycles. The summed E-state index contributed by atoms with van der Waals surface area (Å²) >= 11 is 0. The third-order valence-corrected chi connectivity index (χ3v) is 8.30. The molecule has 1 aromatic carbocycles. The number of hydrogen-bond acceptors (Lipinski definition) is 6. The van der Waals surface area contributed by atoms with Crippen LogP contribution in [0.4, 0.5) is 0 Å². The van der Waals surface area contributed by atoms with Gasteiger partial charge in [-0.1, -0.05) is 19.9 Å². The third-order valence-electron chi connectivity index (χ3n) is 8.30. The zero-order valence-electron chi connectivity index (χ0n) is 24.8. The Bertz CT molecular complexity index is 975. The van der Waals surface area contributed by atoms with Gasteiger partial charge in [0.25, 0.3) is 0 Å². The number of fused-ring (bicyclic) bond motifs is 1. The van der Waals surface area contributed by atoms with E-state index in [1.807, 2.05) is 0 Å². The summed E-state index contributed by atoms with van der Waals surface area (Å²) in [5.74, 6) is 1.64. The number of carbonyl (C=O) groups is 1. The predicted octanol–water partition coefficient (Wildman–Crippen LogP) is 5.26. The number of carbonyl (C=O) groups excluding carboxylic acids is 1. The lowest BCUT2D eigenvalue weighted by Gasteiger charge is -2.35. The SMILES string of the molecule is COCCCC1=CC(C)(C)Oc2ccc(CO[C@@H]3CC[C@@H](CC(C)(C)C(=O)NCC4CCOCC4)NC3)cc21. The normalized spacial score (nSPS) is 23.5. The molecular formula is C32H50N2O5. The fraction of sp³-hybridized carbons (Fsp3) is 0.719. The van der Waals surface area contributed by atoms with Crippen molar-refractivity contribution in [3.8, 4) is 5.75 Å². The first-order chi connectivity index (χ1) is 18.6. The molecule has 218 valence electrons. The summed E-state index contributed by atoms with van der Waals surface area (Å²) in [6, 6.07) is 6.76. The topological polar surface area (TPSA) is 78.1 Å². The molecule has 0 unspecified atom stereocenters. The first-order valence-corrected chi connectivity index (χ1v) is 14.9. The highest BCUT2D eigenvalue weighted by atomic mass is 16.5. The molecule has 0 bridgehead atoms. The number of benzene rings is 1. The molecule has 0 radical (unpaired) electrons. The van der Waals surface area contributed by atoms with Crippen molar-refractivity contribution in [2.45, 2.75) is 97.0 Å². The summed E-state index contributed by atoms with van der Waals surface area (Å²) in [4.78, 5) is 12.9. The number of methoxy groups -OCH3 is 1. The van der Waals surface area contributed by atoms with Crippen LogP contribution in [0.25, 0.3) is 5.57 Å². The maximum atomic E-state index is 12.9. The Labute approximate surface area is 235 Å². The van der Waals surface area contributed by atoms with Gasteiger partial charge in [0.2, 0.25) is 5.91 Å². The van der Waals surface area contributed by atoms with Gasteiger partial charge in [-0.15, -0.1) is 0 Å². The van der Waals surface area contributed by atoms with Crippen LogP contribution in [0.5, 0.6) is 5.75 Å². The van der Waals surface area contributed by atoms with Crippen LogP contribution in [0.1, 0.15) is 83.8 Å². The molecule has 2 N–H and O–H groups in total. The lowest BCUT2D eigenvalue weighted by molar-refractivity contribution is -0.130. The van der Waals surface area contributed by atoms with E-state index < -0.39 is 5.41 Å². The van der Waals surface area contributed by atoms with E-state index in [1.165, 1.54) is 16.7 Å². The molecule has 4 rings (SSSR count). The van der Waals surface area contributed by atoms with Gasteiger partial charge < -0.3 is 29.6 Å². The van der Waals surface area contributed by atoms with Crippen LogP contribution in [-0.2, 0) is 25.6 Å². The number of amides is 1. The molecule has 0 spiro atoms. The van der Waals surface area contributed by atoms with Gasteiger partial charge >= 0.3 is 0 Å². The van der Waals surface area contributed by atoms with Gasteiger partial charge in [0.15, 0.2) is 0 Å². The standard InChI is InChI=1S/C32H50N2O5/c1-31(2,30(35)34-20-23-12-15-37-16-13-23)19-26-9-10-27(21-33-26)38-22-24-8-11-29-28(17-24)25(7-6-14-36-5)18-32(3,4)39-29/h8,11,17-18,23,26-27,33H,6-7,9-10,12-16,19-22H2,1-5H3,(H,34,35)/t26-,27+/m0/s1. The molecule has 2 fully saturated rings. The highest BCUT2D eigenvalue weighted by molar-refractivity contribution is 5.81. The van der Waals surface area contributed by atoms with Gasteiger partial charge in [-0.3, -0.25) is 4.79 Å². The lowest BCUT2D eigenvalue weighted by Crippen LogP contribution is -2.48. The summed E-state index contributed by atoms with van der Waals surface area (Å²) in [5.41, 5.74) is 2.95. The maximum Gasteiger partial charge on any atom is 0.225 e. The molecule has 3 aliphatic rings. The minimum absolute atomic E-state index is 0.157. The van der Waals surface area contributed by atoms with Crippen molar-refractivity contribution in [1.29, 1.82) is 0 Å². The van der Waals surface area contributed by atoms with Gasteiger partial charge in [-0.2, -0.15) is 0 Å². The Morgan fingerprint density at radius 3 is 2.69 bits per heavy atom. The highest BCUT2D eigenvalue weighted by Gasteiger charge is 2.33. The number of rotatable bonds is 12. The van der Waals surface area contributed by atoms with E-state index in [-0.39, 0.29) is 17.6 Å². The second-order valence-electron chi connectivity index (χ2n) is 12.8. The van der Waals surface area contributed by atoms with Crippen LogP contribution in [0, 0.1) is 11.3 Å².